The molecule has 3 aliphatic carbocycles. The lowest BCUT2D eigenvalue weighted by Crippen LogP contribution is -2.48. The Bertz CT molecular complexity index is 1650. The van der Waals surface area contributed by atoms with Crippen molar-refractivity contribution in [3.8, 4) is 5.69 Å². The summed E-state index contributed by atoms with van der Waals surface area (Å²) in [6.07, 6.45) is 6.44. The van der Waals surface area contributed by atoms with Crippen molar-refractivity contribution >= 4 is 0 Å². The van der Waals surface area contributed by atoms with Crippen LogP contribution >= 0.6 is 0 Å². The second-order valence-corrected chi connectivity index (χ2v) is 15.9. The maximum absolute atomic E-state index is 14.4. The van der Waals surface area contributed by atoms with E-state index in [1.54, 1.807) is 21.5 Å². The monoisotopic (exact) mass is 665 g/mol. The Morgan fingerprint density at radius 2 is 1.75 bits per heavy atom. The molecule has 0 saturated heterocycles. The summed E-state index contributed by atoms with van der Waals surface area (Å²) >= 11 is 0. The van der Waals surface area contributed by atoms with Crippen LogP contribution < -0.4 is 11.4 Å². The van der Waals surface area contributed by atoms with Gasteiger partial charge in [0, 0.05) is 13.2 Å². The van der Waals surface area contributed by atoms with Crippen LogP contribution in [0.3, 0.4) is 0 Å². The van der Waals surface area contributed by atoms with E-state index in [0.717, 1.165) is 50.5 Å². The van der Waals surface area contributed by atoms with Crippen molar-refractivity contribution in [3.63, 3.8) is 0 Å². The standard InChI is InChI=1S/C38H55N3O7/c1-23(11-9-17-37(3,4)47)28-14-15-29-27-21-31(26-22-32(43)34(33(44)24(26)2)48-20-10-19-42)41-36(46)39(25-12-7-6-8-13-25)35(45)40(41)30(27)16-18-38(28,29)5/h6-8,12-13,21,23,28-34,42-44,47H,9-11,14-20,22H2,1-5H3/t23-,28-,29+,30+,31?,32-,33-,34-,38-/m1/s1. The van der Waals surface area contributed by atoms with Crippen molar-refractivity contribution < 1.29 is 25.2 Å². The number of aliphatic hydroxyl groups excluding tert-OH is 3. The first-order chi connectivity index (χ1) is 22.8. The number of ether oxygens (including phenoxy) is 1. The predicted octanol–water partition coefficient (Wildman–Crippen LogP) is 4.44. The summed E-state index contributed by atoms with van der Waals surface area (Å²) in [4.78, 5) is 28.7. The van der Waals surface area contributed by atoms with Crippen LogP contribution in [0.2, 0.25) is 0 Å². The van der Waals surface area contributed by atoms with Crippen LogP contribution in [0.15, 0.2) is 62.7 Å². The fourth-order valence-electron chi connectivity index (χ4n) is 9.80. The molecule has 10 nitrogen and oxygen atoms in total. The van der Waals surface area contributed by atoms with Gasteiger partial charge < -0.3 is 25.2 Å². The van der Waals surface area contributed by atoms with Gasteiger partial charge in [0.1, 0.15) is 12.2 Å². The van der Waals surface area contributed by atoms with E-state index in [-0.39, 0.29) is 42.7 Å². The molecular formula is C38H55N3O7. The van der Waals surface area contributed by atoms with Gasteiger partial charge >= 0.3 is 11.4 Å². The molecule has 6 rings (SSSR count). The Morgan fingerprint density at radius 3 is 2.44 bits per heavy atom. The molecule has 0 radical (unpaired) electrons. The van der Waals surface area contributed by atoms with Gasteiger partial charge in [-0.15, -0.1) is 0 Å². The molecule has 0 bridgehead atoms. The number of benzene rings is 1. The maximum atomic E-state index is 14.4. The zero-order chi connectivity index (χ0) is 34.5. The molecular weight excluding hydrogens is 610 g/mol. The molecule has 1 unspecified atom stereocenters. The molecule has 4 aliphatic rings. The molecule has 2 heterocycles. The van der Waals surface area contributed by atoms with Crippen molar-refractivity contribution in [2.75, 3.05) is 13.2 Å². The number of allylic oxidation sites excluding steroid dienone is 2. The summed E-state index contributed by atoms with van der Waals surface area (Å²) in [6, 6.07) is 8.13. The van der Waals surface area contributed by atoms with Gasteiger partial charge in [-0.2, -0.15) is 0 Å². The van der Waals surface area contributed by atoms with Crippen LogP contribution in [0.5, 0.6) is 0 Å². The number of hydrogen-bond acceptors (Lipinski definition) is 7. The average Bonchev–Trinajstić information content (AvgIpc) is 3.53. The summed E-state index contributed by atoms with van der Waals surface area (Å²) < 4.78 is 10.3. The van der Waals surface area contributed by atoms with Gasteiger partial charge in [-0.3, -0.25) is 0 Å². The quantitative estimate of drug-likeness (QED) is 0.206. The van der Waals surface area contributed by atoms with Crippen LogP contribution in [-0.4, -0.2) is 71.5 Å². The van der Waals surface area contributed by atoms with E-state index in [1.807, 2.05) is 39.0 Å². The third kappa shape index (κ3) is 6.12. The van der Waals surface area contributed by atoms with Crippen molar-refractivity contribution in [2.45, 2.75) is 128 Å². The van der Waals surface area contributed by atoms with E-state index < -0.39 is 35.6 Å². The summed E-state index contributed by atoms with van der Waals surface area (Å²) in [5.41, 5.74) is 1.63. The van der Waals surface area contributed by atoms with Gasteiger partial charge in [-0.25, -0.2) is 23.5 Å². The van der Waals surface area contributed by atoms with E-state index in [4.69, 9.17) is 4.74 Å². The maximum Gasteiger partial charge on any atom is 0.352 e. The highest BCUT2D eigenvalue weighted by Gasteiger charge is 2.55. The van der Waals surface area contributed by atoms with Gasteiger partial charge in [0.05, 0.1) is 29.5 Å². The molecule has 10 heteroatoms. The van der Waals surface area contributed by atoms with Crippen molar-refractivity contribution in [2.24, 2.45) is 23.2 Å². The lowest BCUT2D eigenvalue weighted by molar-refractivity contribution is -0.0973. The Labute approximate surface area is 283 Å². The van der Waals surface area contributed by atoms with Gasteiger partial charge in [0.25, 0.3) is 0 Å². The molecule has 0 amide bonds. The third-order valence-corrected chi connectivity index (χ3v) is 12.3. The normalized spacial score (nSPS) is 32.4. The third-order valence-electron chi connectivity index (χ3n) is 12.3. The first-order valence-corrected chi connectivity index (χ1v) is 18.0. The molecule has 2 fully saturated rings. The largest absolute Gasteiger partial charge is 0.396 e. The summed E-state index contributed by atoms with van der Waals surface area (Å²) in [5.74, 6) is 1.25. The molecule has 0 spiro atoms. The summed E-state index contributed by atoms with van der Waals surface area (Å²) in [6.45, 7) is 10.5. The lowest BCUT2D eigenvalue weighted by Gasteiger charge is -2.49. The number of para-hydroxylation sites is 1. The van der Waals surface area contributed by atoms with Crippen molar-refractivity contribution in [3.05, 3.63) is 74.1 Å². The van der Waals surface area contributed by atoms with Crippen LogP contribution in [0, 0.1) is 23.2 Å². The van der Waals surface area contributed by atoms with E-state index in [2.05, 4.69) is 19.9 Å². The highest BCUT2D eigenvalue weighted by Crippen LogP contribution is 2.63. The minimum absolute atomic E-state index is 0.0375. The molecule has 1 aliphatic heterocycles. The average molecular weight is 666 g/mol. The number of aliphatic hydroxyl groups is 4. The fraction of sp³-hybridized carbons (Fsp3) is 0.684. The van der Waals surface area contributed by atoms with Crippen LogP contribution in [0.4, 0.5) is 0 Å². The summed E-state index contributed by atoms with van der Waals surface area (Å²) in [7, 11) is 0. The molecule has 2 aromatic rings. The lowest BCUT2D eigenvalue weighted by atomic mass is 9.59. The van der Waals surface area contributed by atoms with Gasteiger partial charge in [0.15, 0.2) is 0 Å². The van der Waals surface area contributed by atoms with E-state index in [9.17, 15) is 30.0 Å². The van der Waals surface area contributed by atoms with Crippen LogP contribution in [0.25, 0.3) is 5.69 Å². The van der Waals surface area contributed by atoms with E-state index in [0.29, 0.717) is 29.5 Å². The second-order valence-electron chi connectivity index (χ2n) is 15.9. The Kier molecular flexibility index (Phi) is 9.88. The van der Waals surface area contributed by atoms with E-state index >= 15 is 0 Å². The smallest absolute Gasteiger partial charge is 0.352 e. The SMILES string of the molecule is CC1=C(C2C=C3[C@H](CC[C@]4(C)[C@@H]([C@H](C)CCCC(C)(C)O)CC[C@@H]34)n3c(=O)n(-c4ccccc4)c(=O)n32)C[C@@H](O)[C@@H](OCCCO)[C@@H]1O. The zero-order valence-electron chi connectivity index (χ0n) is 29.2. The molecule has 1 aromatic heterocycles. The van der Waals surface area contributed by atoms with Crippen molar-refractivity contribution in [1.29, 1.82) is 0 Å². The minimum Gasteiger partial charge on any atom is -0.396 e. The first-order valence-electron chi connectivity index (χ1n) is 18.0. The fourth-order valence-corrected chi connectivity index (χ4v) is 9.80. The highest BCUT2D eigenvalue weighted by molar-refractivity contribution is 5.37. The minimum atomic E-state index is -1.09. The second kappa shape index (κ2) is 13.5. The van der Waals surface area contributed by atoms with Crippen LogP contribution in [0.1, 0.15) is 104 Å². The Balaban J connectivity index is 1.42. The topological polar surface area (TPSA) is 139 Å². The molecule has 4 N–H and O–H groups in total. The Morgan fingerprint density at radius 1 is 1.04 bits per heavy atom. The molecule has 2 saturated carbocycles. The number of aromatic nitrogens is 3. The molecule has 264 valence electrons. The molecule has 1 aromatic carbocycles. The number of fused-ring (bicyclic) bond motifs is 5. The van der Waals surface area contributed by atoms with Crippen LogP contribution in [-0.2, 0) is 4.74 Å². The molecule has 9 atom stereocenters. The van der Waals surface area contributed by atoms with E-state index in [1.165, 1.54) is 10.1 Å². The van der Waals surface area contributed by atoms with Gasteiger partial charge in [-0.1, -0.05) is 51.0 Å². The summed E-state index contributed by atoms with van der Waals surface area (Å²) in [5, 5.41) is 42.2. The molecule has 48 heavy (non-hydrogen) atoms. The zero-order valence-corrected chi connectivity index (χ0v) is 29.2. The van der Waals surface area contributed by atoms with Crippen molar-refractivity contribution in [1.82, 2.24) is 13.9 Å². The number of hydrogen-bond donors (Lipinski definition) is 4. The first kappa shape index (κ1) is 35.1. The van der Waals surface area contributed by atoms with Gasteiger partial charge in [0.2, 0.25) is 0 Å². The van der Waals surface area contributed by atoms with Gasteiger partial charge in [-0.05, 0) is 118 Å². The number of rotatable bonds is 11. The number of nitrogens with zero attached hydrogens (tertiary/aromatic N) is 3. The Hall–Kier alpha value is -2.76. The predicted molar refractivity (Wildman–Crippen MR) is 184 cm³/mol. The highest BCUT2D eigenvalue weighted by atomic mass is 16.5.